The van der Waals surface area contributed by atoms with Gasteiger partial charge in [0.2, 0.25) is 17.7 Å². The molecule has 4 atom stereocenters. The monoisotopic (exact) mass is 447 g/mol. The van der Waals surface area contributed by atoms with Gasteiger partial charge in [0.25, 0.3) is 0 Å². The maximum absolute atomic E-state index is 14.0. The molecule has 0 aliphatic carbocycles. The van der Waals surface area contributed by atoms with Gasteiger partial charge in [-0.05, 0) is 43.0 Å². The highest BCUT2D eigenvalue weighted by Crippen LogP contribution is 2.51. The lowest BCUT2D eigenvalue weighted by Gasteiger charge is -2.42. The van der Waals surface area contributed by atoms with E-state index in [0.29, 0.717) is 19.5 Å². The first-order valence-electron chi connectivity index (χ1n) is 11.4. The zero-order valence-corrected chi connectivity index (χ0v) is 19.2. The van der Waals surface area contributed by atoms with Crippen molar-refractivity contribution in [2.24, 2.45) is 11.8 Å². The average molecular weight is 448 g/mol. The van der Waals surface area contributed by atoms with Gasteiger partial charge in [-0.2, -0.15) is 0 Å². The van der Waals surface area contributed by atoms with Crippen LogP contribution in [0.4, 0.5) is 0 Å². The molecule has 7 nitrogen and oxygen atoms in total. The van der Waals surface area contributed by atoms with Gasteiger partial charge < -0.3 is 9.64 Å². The second kappa shape index (κ2) is 7.99. The number of aryl methyl sites for hydroxylation is 1. The predicted molar refractivity (Wildman–Crippen MR) is 122 cm³/mol. The zero-order chi connectivity index (χ0) is 23.3. The van der Waals surface area contributed by atoms with E-state index in [2.05, 4.69) is 5.32 Å². The fourth-order valence-electron chi connectivity index (χ4n) is 5.77. The van der Waals surface area contributed by atoms with Gasteiger partial charge in [0, 0.05) is 26.2 Å². The Morgan fingerprint density at radius 3 is 2.39 bits per heavy atom. The van der Waals surface area contributed by atoms with Crippen molar-refractivity contribution in [3.8, 4) is 5.75 Å². The highest BCUT2D eigenvalue weighted by atomic mass is 16.5. The van der Waals surface area contributed by atoms with E-state index in [1.807, 2.05) is 60.4 Å². The van der Waals surface area contributed by atoms with E-state index in [-0.39, 0.29) is 23.8 Å². The van der Waals surface area contributed by atoms with Crippen molar-refractivity contribution in [2.45, 2.75) is 37.9 Å². The molecule has 33 heavy (non-hydrogen) atoms. The van der Waals surface area contributed by atoms with Crippen molar-refractivity contribution in [1.82, 2.24) is 15.1 Å². The third kappa shape index (κ3) is 3.33. The maximum atomic E-state index is 14.0. The minimum absolute atomic E-state index is 0.0920. The third-order valence-corrected chi connectivity index (χ3v) is 7.51. The molecule has 3 aliphatic heterocycles. The first kappa shape index (κ1) is 21.6. The van der Waals surface area contributed by atoms with Gasteiger partial charge in [0.15, 0.2) is 0 Å². The fraction of sp³-hybridized carbons (Fsp3) is 0.423. The van der Waals surface area contributed by atoms with Gasteiger partial charge in [-0.25, -0.2) is 0 Å². The number of hydrogen-bond donors (Lipinski definition) is 1. The molecule has 0 unspecified atom stereocenters. The summed E-state index contributed by atoms with van der Waals surface area (Å²) in [4.78, 5) is 43.4. The van der Waals surface area contributed by atoms with Crippen LogP contribution in [0.3, 0.4) is 0 Å². The van der Waals surface area contributed by atoms with Gasteiger partial charge in [-0.1, -0.05) is 42.0 Å². The standard InChI is InChI=1S/C26H29N3O4/c1-16-5-9-18(10-6-16)22-20-21(24(31)28(2)23(20)30)26(27-22)13-4-14-29(25(26)32)15-17-7-11-19(33-3)12-8-17/h5-12,20-22,27H,4,13-15H2,1-3H3/t20-,21-,22-,26-/m1/s1. The lowest BCUT2D eigenvalue weighted by molar-refractivity contribution is -0.149. The number of likely N-dealkylation sites (tertiary alicyclic amines) is 2. The van der Waals surface area contributed by atoms with E-state index in [0.717, 1.165) is 28.9 Å². The lowest BCUT2D eigenvalue weighted by atomic mass is 9.74. The molecule has 2 aromatic carbocycles. The largest absolute Gasteiger partial charge is 0.497 e. The smallest absolute Gasteiger partial charge is 0.244 e. The van der Waals surface area contributed by atoms with Crippen LogP contribution < -0.4 is 10.1 Å². The molecule has 0 radical (unpaired) electrons. The molecule has 1 N–H and O–H groups in total. The van der Waals surface area contributed by atoms with Gasteiger partial charge in [0.1, 0.15) is 11.3 Å². The Morgan fingerprint density at radius 2 is 1.73 bits per heavy atom. The van der Waals surface area contributed by atoms with E-state index < -0.39 is 17.4 Å². The summed E-state index contributed by atoms with van der Waals surface area (Å²) in [6.07, 6.45) is 1.31. The van der Waals surface area contributed by atoms with Crippen molar-refractivity contribution >= 4 is 17.7 Å². The number of carbonyl (C=O) groups excluding carboxylic acids is 3. The molecular formula is C26H29N3O4. The number of fused-ring (bicyclic) bond motifs is 2. The molecule has 1 spiro atoms. The lowest BCUT2D eigenvalue weighted by Crippen LogP contribution is -2.63. The number of amides is 3. The molecular weight excluding hydrogens is 418 g/mol. The van der Waals surface area contributed by atoms with Gasteiger partial charge in [-0.15, -0.1) is 0 Å². The van der Waals surface area contributed by atoms with Crippen LogP contribution >= 0.6 is 0 Å². The number of imide groups is 1. The molecule has 3 aliphatic rings. The summed E-state index contributed by atoms with van der Waals surface area (Å²) < 4.78 is 5.23. The van der Waals surface area contributed by atoms with Crippen molar-refractivity contribution in [3.63, 3.8) is 0 Å². The van der Waals surface area contributed by atoms with E-state index in [1.165, 1.54) is 11.9 Å². The van der Waals surface area contributed by atoms with E-state index in [4.69, 9.17) is 4.74 Å². The second-order valence-corrected chi connectivity index (χ2v) is 9.42. The first-order valence-corrected chi connectivity index (χ1v) is 11.4. The molecule has 0 aromatic heterocycles. The number of ether oxygens (including phenoxy) is 1. The summed E-state index contributed by atoms with van der Waals surface area (Å²) in [6, 6.07) is 15.3. The number of nitrogens with zero attached hydrogens (tertiary/aromatic N) is 2. The Morgan fingerprint density at radius 1 is 1.03 bits per heavy atom. The van der Waals surface area contributed by atoms with Gasteiger partial charge in [0.05, 0.1) is 18.9 Å². The molecule has 0 saturated carbocycles. The maximum Gasteiger partial charge on any atom is 0.244 e. The van der Waals surface area contributed by atoms with Crippen LogP contribution in [0, 0.1) is 18.8 Å². The molecule has 3 amide bonds. The van der Waals surface area contributed by atoms with Crippen LogP contribution in [0.25, 0.3) is 0 Å². The van der Waals surface area contributed by atoms with Crippen LogP contribution in [0.15, 0.2) is 48.5 Å². The van der Waals surface area contributed by atoms with Crippen LogP contribution in [0.5, 0.6) is 5.75 Å². The number of methoxy groups -OCH3 is 1. The van der Waals surface area contributed by atoms with Crippen LogP contribution in [-0.4, -0.2) is 53.8 Å². The highest BCUT2D eigenvalue weighted by Gasteiger charge is 2.68. The first-order chi connectivity index (χ1) is 15.9. The summed E-state index contributed by atoms with van der Waals surface area (Å²) >= 11 is 0. The topological polar surface area (TPSA) is 79.0 Å². The van der Waals surface area contributed by atoms with Gasteiger partial charge in [-0.3, -0.25) is 24.6 Å². The fourth-order valence-corrected chi connectivity index (χ4v) is 5.77. The molecule has 172 valence electrons. The van der Waals surface area contributed by atoms with Crippen molar-refractivity contribution in [1.29, 1.82) is 0 Å². The Bertz CT molecular complexity index is 1100. The number of rotatable bonds is 4. The minimum Gasteiger partial charge on any atom is -0.497 e. The minimum atomic E-state index is -1.07. The molecule has 3 heterocycles. The molecule has 5 rings (SSSR count). The van der Waals surface area contributed by atoms with Crippen LogP contribution in [-0.2, 0) is 20.9 Å². The second-order valence-electron chi connectivity index (χ2n) is 9.42. The van der Waals surface area contributed by atoms with Crippen molar-refractivity contribution in [2.75, 3.05) is 20.7 Å². The van der Waals surface area contributed by atoms with Crippen LogP contribution in [0.2, 0.25) is 0 Å². The van der Waals surface area contributed by atoms with Gasteiger partial charge >= 0.3 is 0 Å². The van der Waals surface area contributed by atoms with Crippen molar-refractivity contribution in [3.05, 3.63) is 65.2 Å². The normalized spacial score (nSPS) is 29.2. The molecule has 3 fully saturated rings. The summed E-state index contributed by atoms with van der Waals surface area (Å²) in [7, 11) is 3.15. The van der Waals surface area contributed by atoms with Crippen molar-refractivity contribution < 1.29 is 19.1 Å². The predicted octanol–water partition coefficient (Wildman–Crippen LogP) is 2.44. The molecule has 0 bridgehead atoms. The number of piperidine rings is 1. The average Bonchev–Trinajstić information content (AvgIpc) is 3.28. The SMILES string of the molecule is COc1ccc(CN2CCC[C@]3(N[C@H](c4ccc(C)cc4)[C@@H]4C(=O)N(C)C(=O)[C@@H]43)C2=O)cc1. The third-order valence-electron chi connectivity index (χ3n) is 7.51. The summed E-state index contributed by atoms with van der Waals surface area (Å²) in [5.74, 6) is -1.06. The molecule has 2 aromatic rings. The summed E-state index contributed by atoms with van der Waals surface area (Å²) in [5, 5.41) is 3.53. The Labute approximate surface area is 193 Å². The highest BCUT2D eigenvalue weighted by molar-refractivity contribution is 6.10. The number of nitrogens with one attached hydrogen (secondary N) is 1. The number of benzene rings is 2. The Kier molecular flexibility index (Phi) is 5.24. The quantitative estimate of drug-likeness (QED) is 0.729. The Hall–Kier alpha value is -3.19. The summed E-state index contributed by atoms with van der Waals surface area (Å²) in [5.41, 5.74) is 1.98. The van der Waals surface area contributed by atoms with Crippen LogP contribution in [0.1, 0.15) is 35.6 Å². The number of carbonyl (C=O) groups is 3. The summed E-state index contributed by atoms with van der Waals surface area (Å²) in [6.45, 7) is 3.09. The van der Waals surface area contributed by atoms with E-state index in [9.17, 15) is 14.4 Å². The molecule has 7 heteroatoms. The van der Waals surface area contributed by atoms with E-state index in [1.54, 1.807) is 7.11 Å². The van der Waals surface area contributed by atoms with E-state index >= 15 is 0 Å². The molecule has 3 saturated heterocycles. The number of hydrogen-bond acceptors (Lipinski definition) is 5. The Balaban J connectivity index is 1.49. The zero-order valence-electron chi connectivity index (χ0n) is 19.2.